The average molecular weight is 322 g/mol. The van der Waals surface area contributed by atoms with Gasteiger partial charge in [0.25, 0.3) is 0 Å². The highest BCUT2D eigenvalue weighted by atomic mass is 79.9. The van der Waals surface area contributed by atoms with Crippen LogP contribution in [0.15, 0.2) is 47.2 Å². The van der Waals surface area contributed by atoms with Gasteiger partial charge >= 0.3 is 0 Å². The van der Waals surface area contributed by atoms with Crippen LogP contribution in [0.5, 0.6) is 0 Å². The molecule has 19 heavy (non-hydrogen) atoms. The fraction of sp³-hybridized carbons (Fsp3) is 0.286. The van der Waals surface area contributed by atoms with Crippen LogP contribution in [0.1, 0.15) is 24.4 Å². The zero-order chi connectivity index (χ0) is 13.5. The van der Waals surface area contributed by atoms with E-state index in [-0.39, 0.29) is 12.6 Å². The molecular weight excluding hydrogens is 306 g/mol. The minimum Gasteiger partial charge on any atom is -0.396 e. The van der Waals surface area contributed by atoms with Gasteiger partial charge < -0.3 is 10.4 Å². The highest BCUT2D eigenvalue weighted by molar-refractivity contribution is 9.10. The average Bonchev–Trinajstić information content (AvgIpc) is 2.46. The summed E-state index contributed by atoms with van der Waals surface area (Å²) in [5.74, 6) is 0.593. The maximum absolute atomic E-state index is 9.00. The number of aliphatic hydroxyl groups excluding tert-OH is 1. The van der Waals surface area contributed by atoms with Gasteiger partial charge in [0.2, 0.25) is 5.95 Å². The van der Waals surface area contributed by atoms with Crippen molar-refractivity contribution in [2.75, 3.05) is 11.9 Å². The second-order valence-corrected chi connectivity index (χ2v) is 5.11. The zero-order valence-corrected chi connectivity index (χ0v) is 12.0. The largest absolute Gasteiger partial charge is 0.396 e. The lowest BCUT2D eigenvalue weighted by molar-refractivity contribution is 0.281. The molecule has 2 rings (SSSR count). The summed E-state index contributed by atoms with van der Waals surface area (Å²) in [5.41, 5.74) is 1.17. The normalized spacial score (nSPS) is 12.1. The van der Waals surface area contributed by atoms with Gasteiger partial charge in [-0.05, 0) is 34.3 Å². The molecule has 0 fully saturated rings. The van der Waals surface area contributed by atoms with Gasteiger partial charge in [0, 0.05) is 19.0 Å². The third kappa shape index (κ3) is 4.29. The molecule has 0 saturated heterocycles. The molecule has 5 heteroatoms. The van der Waals surface area contributed by atoms with Crippen LogP contribution in [0.2, 0.25) is 0 Å². The first kappa shape index (κ1) is 14.0. The topological polar surface area (TPSA) is 58.0 Å². The Morgan fingerprint density at radius 3 is 2.47 bits per heavy atom. The molecule has 2 N–H and O–H groups in total. The standard InChI is InChI=1S/C14H16BrN3O/c15-12-9-16-14(17-10-12)18-13(7-4-8-19)11-5-2-1-3-6-11/h1-3,5-6,9-10,13,19H,4,7-8H2,(H,16,17,18)/t13-/m1/s1. The third-order valence-electron chi connectivity index (χ3n) is 2.78. The van der Waals surface area contributed by atoms with Crippen molar-refractivity contribution in [1.82, 2.24) is 9.97 Å². The number of nitrogens with zero attached hydrogens (tertiary/aromatic N) is 2. The van der Waals surface area contributed by atoms with Crippen molar-refractivity contribution in [2.24, 2.45) is 0 Å². The van der Waals surface area contributed by atoms with Gasteiger partial charge in [-0.1, -0.05) is 30.3 Å². The molecule has 0 radical (unpaired) electrons. The van der Waals surface area contributed by atoms with Crippen molar-refractivity contribution in [3.05, 3.63) is 52.8 Å². The van der Waals surface area contributed by atoms with Gasteiger partial charge in [-0.15, -0.1) is 0 Å². The molecule has 1 aromatic heterocycles. The molecule has 4 nitrogen and oxygen atoms in total. The van der Waals surface area contributed by atoms with E-state index >= 15 is 0 Å². The Morgan fingerprint density at radius 1 is 1.16 bits per heavy atom. The van der Waals surface area contributed by atoms with E-state index in [9.17, 15) is 0 Å². The first-order valence-corrected chi connectivity index (χ1v) is 6.99. The number of aromatic nitrogens is 2. The molecule has 0 spiro atoms. The van der Waals surface area contributed by atoms with E-state index in [1.165, 1.54) is 5.56 Å². The molecule has 1 aromatic carbocycles. The van der Waals surface area contributed by atoms with E-state index in [4.69, 9.17) is 5.11 Å². The van der Waals surface area contributed by atoms with Gasteiger partial charge in [-0.2, -0.15) is 0 Å². The Hall–Kier alpha value is -1.46. The maximum Gasteiger partial charge on any atom is 0.223 e. The van der Waals surface area contributed by atoms with E-state index in [1.54, 1.807) is 12.4 Å². The van der Waals surface area contributed by atoms with Gasteiger partial charge in [-0.25, -0.2) is 9.97 Å². The monoisotopic (exact) mass is 321 g/mol. The SMILES string of the molecule is OCCC[C@@H](Nc1ncc(Br)cn1)c1ccccc1. The summed E-state index contributed by atoms with van der Waals surface area (Å²) in [6.45, 7) is 0.187. The lowest BCUT2D eigenvalue weighted by Crippen LogP contribution is -2.13. The Labute approximate surface area is 121 Å². The first-order chi connectivity index (χ1) is 9.29. The van der Waals surface area contributed by atoms with E-state index < -0.39 is 0 Å². The summed E-state index contributed by atoms with van der Waals surface area (Å²) >= 11 is 3.31. The first-order valence-electron chi connectivity index (χ1n) is 6.19. The van der Waals surface area contributed by atoms with Crippen LogP contribution in [-0.2, 0) is 0 Å². The second-order valence-electron chi connectivity index (χ2n) is 4.20. The number of aliphatic hydroxyl groups is 1. The third-order valence-corrected chi connectivity index (χ3v) is 3.19. The van der Waals surface area contributed by atoms with E-state index in [0.717, 1.165) is 17.3 Å². The lowest BCUT2D eigenvalue weighted by atomic mass is 10.0. The summed E-state index contributed by atoms with van der Waals surface area (Å²) in [6.07, 6.45) is 5.00. The van der Waals surface area contributed by atoms with Gasteiger partial charge in [0.1, 0.15) is 0 Å². The minimum absolute atomic E-state index is 0.106. The van der Waals surface area contributed by atoms with Crippen LogP contribution in [-0.4, -0.2) is 21.7 Å². The Balaban J connectivity index is 2.11. The molecule has 0 saturated carbocycles. The summed E-state index contributed by atoms with van der Waals surface area (Å²) in [4.78, 5) is 8.44. The molecule has 0 amide bonds. The lowest BCUT2D eigenvalue weighted by Gasteiger charge is -2.18. The van der Waals surface area contributed by atoms with Crippen LogP contribution in [0, 0.1) is 0 Å². The quantitative estimate of drug-likeness (QED) is 0.858. The predicted octanol–water partition coefficient (Wildman–Crippen LogP) is 3.16. The number of rotatable bonds is 6. The molecule has 0 aliphatic heterocycles. The maximum atomic E-state index is 9.00. The van der Waals surface area contributed by atoms with Crippen LogP contribution in [0.4, 0.5) is 5.95 Å². The van der Waals surface area contributed by atoms with Crippen LogP contribution < -0.4 is 5.32 Å². The molecule has 1 heterocycles. The summed E-state index contributed by atoms with van der Waals surface area (Å²) in [5, 5.41) is 12.3. The summed E-state index contributed by atoms with van der Waals surface area (Å²) in [7, 11) is 0. The smallest absolute Gasteiger partial charge is 0.223 e. The fourth-order valence-corrected chi connectivity index (χ4v) is 2.05. The van der Waals surface area contributed by atoms with Gasteiger partial charge in [0.05, 0.1) is 10.5 Å². The zero-order valence-electron chi connectivity index (χ0n) is 10.5. The minimum atomic E-state index is 0.106. The van der Waals surface area contributed by atoms with Crippen LogP contribution in [0.3, 0.4) is 0 Å². The Bertz CT molecular complexity index is 490. The summed E-state index contributed by atoms with van der Waals surface area (Å²) < 4.78 is 0.852. The second kappa shape index (κ2) is 7.21. The van der Waals surface area contributed by atoms with Gasteiger partial charge in [0.15, 0.2) is 0 Å². The molecule has 100 valence electrons. The molecule has 0 aliphatic rings. The van der Waals surface area contributed by atoms with E-state index in [2.05, 4.69) is 43.3 Å². The molecular formula is C14H16BrN3O. The number of nitrogens with one attached hydrogen (secondary N) is 1. The number of halogens is 1. The Morgan fingerprint density at radius 2 is 1.84 bits per heavy atom. The van der Waals surface area contributed by atoms with Crippen molar-refractivity contribution >= 4 is 21.9 Å². The highest BCUT2D eigenvalue weighted by Crippen LogP contribution is 2.22. The molecule has 0 aliphatic carbocycles. The number of benzene rings is 1. The number of hydrogen-bond acceptors (Lipinski definition) is 4. The summed E-state index contributed by atoms with van der Waals surface area (Å²) in [6, 6.07) is 10.2. The molecule has 0 unspecified atom stereocenters. The van der Waals surface area contributed by atoms with Crippen molar-refractivity contribution in [1.29, 1.82) is 0 Å². The molecule has 0 bridgehead atoms. The van der Waals surface area contributed by atoms with Crippen molar-refractivity contribution in [2.45, 2.75) is 18.9 Å². The Kier molecular flexibility index (Phi) is 5.30. The van der Waals surface area contributed by atoms with E-state index in [0.29, 0.717) is 5.95 Å². The number of hydrogen-bond donors (Lipinski definition) is 2. The van der Waals surface area contributed by atoms with Crippen molar-refractivity contribution in [3.63, 3.8) is 0 Å². The van der Waals surface area contributed by atoms with Crippen molar-refractivity contribution in [3.8, 4) is 0 Å². The molecule has 2 aromatic rings. The predicted molar refractivity (Wildman–Crippen MR) is 78.9 cm³/mol. The van der Waals surface area contributed by atoms with Gasteiger partial charge in [-0.3, -0.25) is 0 Å². The highest BCUT2D eigenvalue weighted by Gasteiger charge is 2.11. The van der Waals surface area contributed by atoms with Crippen LogP contribution in [0.25, 0.3) is 0 Å². The molecule has 1 atom stereocenters. The van der Waals surface area contributed by atoms with Crippen molar-refractivity contribution < 1.29 is 5.11 Å². The number of anilines is 1. The fourth-order valence-electron chi connectivity index (χ4n) is 1.85. The van der Waals surface area contributed by atoms with Crippen LogP contribution >= 0.6 is 15.9 Å². The van der Waals surface area contributed by atoms with E-state index in [1.807, 2.05) is 18.2 Å².